The van der Waals surface area contributed by atoms with Gasteiger partial charge in [0.2, 0.25) is 0 Å². The summed E-state index contributed by atoms with van der Waals surface area (Å²) in [5, 5.41) is 0. The summed E-state index contributed by atoms with van der Waals surface area (Å²) in [6, 6.07) is 0.205. The maximum absolute atomic E-state index is 10.4. The summed E-state index contributed by atoms with van der Waals surface area (Å²) in [4.78, 5) is 1.93. The van der Waals surface area contributed by atoms with E-state index in [1.54, 1.807) is 0 Å². The fourth-order valence-electron chi connectivity index (χ4n) is 1.39. The topological polar surface area (TPSA) is 37.4 Å². The third kappa shape index (κ3) is 2.79. The first-order valence-corrected chi connectivity index (χ1v) is 5.25. The van der Waals surface area contributed by atoms with E-state index in [-0.39, 0.29) is 11.9 Å². The lowest BCUT2D eigenvalue weighted by Crippen LogP contribution is -2.38. The van der Waals surface area contributed by atoms with Gasteiger partial charge in [0.05, 0.1) is 5.88 Å². The molecule has 0 aromatic rings. The molecule has 1 atom stereocenters. The van der Waals surface area contributed by atoms with Crippen molar-refractivity contribution in [2.24, 2.45) is 0 Å². The fourth-order valence-corrected chi connectivity index (χ4v) is 2.06. The minimum absolute atomic E-state index is 0.184. The fraction of sp³-hybridized carbons (Fsp3) is 0.857. The third-order valence-corrected chi connectivity index (χ3v) is 2.64. The molecule has 1 radical (unpaired) electrons. The van der Waals surface area contributed by atoms with Crippen LogP contribution < -0.4 is 0 Å². The maximum Gasteiger partial charge on any atom is 0.153 e. The lowest BCUT2D eigenvalue weighted by molar-refractivity contribution is 0.207. The molecule has 0 N–H and O–H groups in total. The zero-order valence-corrected chi connectivity index (χ0v) is 7.43. The lowest BCUT2D eigenvalue weighted by atomic mass is 10.1. The first-order chi connectivity index (χ1) is 5.20. The highest BCUT2D eigenvalue weighted by Gasteiger charge is 2.17. The lowest BCUT2D eigenvalue weighted by Gasteiger charge is -2.31. The highest BCUT2D eigenvalue weighted by atomic mass is 32.2. The molecule has 1 saturated heterocycles. The van der Waals surface area contributed by atoms with Gasteiger partial charge >= 0.3 is 0 Å². The zero-order chi connectivity index (χ0) is 8.27. The van der Waals surface area contributed by atoms with Crippen molar-refractivity contribution in [3.8, 4) is 0 Å². The SMILES string of the molecule is [CH2]C1CCCCN1C[SH](=O)=O. The molecule has 3 nitrogen and oxygen atoms in total. The van der Waals surface area contributed by atoms with Crippen LogP contribution in [0.5, 0.6) is 0 Å². The van der Waals surface area contributed by atoms with Crippen molar-refractivity contribution < 1.29 is 8.42 Å². The van der Waals surface area contributed by atoms with Crippen LogP contribution in [-0.4, -0.2) is 31.8 Å². The Hall–Kier alpha value is -0.0900. The monoisotopic (exact) mass is 176 g/mol. The first kappa shape index (κ1) is 9.00. The smallest absolute Gasteiger partial charge is 0.153 e. The van der Waals surface area contributed by atoms with Crippen LogP contribution in [0.25, 0.3) is 0 Å². The van der Waals surface area contributed by atoms with Crippen LogP contribution in [0.1, 0.15) is 19.3 Å². The van der Waals surface area contributed by atoms with Gasteiger partial charge < -0.3 is 0 Å². The molecule has 0 saturated carbocycles. The molecule has 0 aromatic carbocycles. The minimum Gasteiger partial charge on any atom is -0.287 e. The van der Waals surface area contributed by atoms with Gasteiger partial charge in [-0.3, -0.25) is 4.90 Å². The average Bonchev–Trinajstić information content (AvgIpc) is 1.93. The Bertz CT molecular complexity index is 183. The quantitative estimate of drug-likeness (QED) is 0.613. The van der Waals surface area contributed by atoms with E-state index in [2.05, 4.69) is 6.92 Å². The highest BCUT2D eigenvalue weighted by Crippen LogP contribution is 2.14. The van der Waals surface area contributed by atoms with Gasteiger partial charge in [0, 0.05) is 6.04 Å². The van der Waals surface area contributed by atoms with Crippen molar-refractivity contribution in [3.63, 3.8) is 0 Å². The Morgan fingerprint density at radius 1 is 1.45 bits per heavy atom. The van der Waals surface area contributed by atoms with Crippen molar-refractivity contribution in [2.45, 2.75) is 25.3 Å². The molecule has 1 aliphatic heterocycles. The predicted molar refractivity (Wildman–Crippen MR) is 44.9 cm³/mol. The van der Waals surface area contributed by atoms with E-state index in [1.807, 2.05) is 4.90 Å². The minimum atomic E-state index is -2.26. The molecule has 0 spiro atoms. The molecule has 0 bridgehead atoms. The highest BCUT2D eigenvalue weighted by molar-refractivity contribution is 7.72. The Labute approximate surface area is 69.3 Å². The second-order valence-corrected chi connectivity index (χ2v) is 3.88. The van der Waals surface area contributed by atoms with E-state index in [4.69, 9.17) is 0 Å². The molecule has 1 heterocycles. The van der Waals surface area contributed by atoms with E-state index in [0.717, 1.165) is 19.4 Å². The molecule has 0 aliphatic carbocycles. The third-order valence-electron chi connectivity index (χ3n) is 2.05. The van der Waals surface area contributed by atoms with Crippen molar-refractivity contribution in [2.75, 3.05) is 12.4 Å². The summed E-state index contributed by atoms with van der Waals surface area (Å²) in [6.07, 6.45) is 3.32. The van der Waals surface area contributed by atoms with Crippen LogP contribution >= 0.6 is 0 Å². The summed E-state index contributed by atoms with van der Waals surface area (Å²) < 4.78 is 20.8. The zero-order valence-electron chi connectivity index (χ0n) is 6.53. The first-order valence-electron chi connectivity index (χ1n) is 3.89. The largest absolute Gasteiger partial charge is 0.287 e. The van der Waals surface area contributed by atoms with Crippen molar-refractivity contribution in [1.29, 1.82) is 0 Å². The number of piperidine rings is 1. The molecule has 1 rings (SSSR count). The Balaban J connectivity index is 2.41. The molecule has 1 aliphatic rings. The van der Waals surface area contributed by atoms with E-state index < -0.39 is 10.7 Å². The Morgan fingerprint density at radius 2 is 2.18 bits per heavy atom. The van der Waals surface area contributed by atoms with Crippen LogP contribution in [-0.2, 0) is 10.7 Å². The Morgan fingerprint density at radius 3 is 2.73 bits per heavy atom. The van der Waals surface area contributed by atoms with E-state index in [9.17, 15) is 8.42 Å². The van der Waals surface area contributed by atoms with E-state index in [0.29, 0.717) is 0 Å². The van der Waals surface area contributed by atoms with E-state index >= 15 is 0 Å². The van der Waals surface area contributed by atoms with Gasteiger partial charge in [0.25, 0.3) is 0 Å². The second kappa shape index (κ2) is 4.07. The summed E-state index contributed by atoms with van der Waals surface area (Å²) in [5.41, 5.74) is 0. The Kier molecular flexibility index (Phi) is 3.33. The standard InChI is InChI=1S/C7H14NO2S/c1-7-4-2-3-5-8(7)6-11(9)10/h7,11H,1-6H2. The number of likely N-dealkylation sites (tertiary alicyclic amines) is 1. The van der Waals surface area contributed by atoms with Crippen LogP contribution in [0.4, 0.5) is 0 Å². The number of hydrogen-bond donors (Lipinski definition) is 1. The summed E-state index contributed by atoms with van der Waals surface area (Å²) >= 11 is 0. The van der Waals surface area contributed by atoms with Crippen LogP contribution in [0.3, 0.4) is 0 Å². The number of hydrogen-bond acceptors (Lipinski definition) is 3. The molecule has 11 heavy (non-hydrogen) atoms. The van der Waals surface area contributed by atoms with Crippen molar-refractivity contribution >= 4 is 10.7 Å². The molecular formula is C7H14NO2S. The molecular weight excluding hydrogens is 162 g/mol. The molecule has 0 amide bonds. The van der Waals surface area contributed by atoms with E-state index in [1.165, 1.54) is 6.42 Å². The summed E-state index contributed by atoms with van der Waals surface area (Å²) in [5.74, 6) is 0.184. The number of rotatable bonds is 2. The average molecular weight is 176 g/mol. The van der Waals surface area contributed by atoms with Crippen LogP contribution in [0.2, 0.25) is 0 Å². The summed E-state index contributed by atoms with van der Waals surface area (Å²) in [7, 11) is -2.26. The van der Waals surface area contributed by atoms with Gasteiger partial charge in [-0.2, -0.15) is 0 Å². The molecule has 65 valence electrons. The molecule has 1 unspecified atom stereocenters. The van der Waals surface area contributed by atoms with Gasteiger partial charge in [-0.1, -0.05) is 6.42 Å². The predicted octanol–water partition coefficient (Wildman–Crippen LogP) is 0.244. The number of nitrogens with zero attached hydrogens (tertiary/aromatic N) is 1. The second-order valence-electron chi connectivity index (χ2n) is 2.94. The summed E-state index contributed by atoms with van der Waals surface area (Å²) in [6.45, 7) is 4.78. The van der Waals surface area contributed by atoms with Gasteiger partial charge in [-0.15, -0.1) is 0 Å². The van der Waals surface area contributed by atoms with Crippen molar-refractivity contribution in [1.82, 2.24) is 4.90 Å². The van der Waals surface area contributed by atoms with Crippen LogP contribution in [0, 0.1) is 6.92 Å². The van der Waals surface area contributed by atoms with Gasteiger partial charge in [-0.25, -0.2) is 8.42 Å². The van der Waals surface area contributed by atoms with Crippen molar-refractivity contribution in [3.05, 3.63) is 6.92 Å². The molecule has 0 aromatic heterocycles. The van der Waals surface area contributed by atoms with Gasteiger partial charge in [0.1, 0.15) is 0 Å². The maximum atomic E-state index is 10.4. The molecule has 4 heteroatoms. The molecule has 1 fully saturated rings. The normalized spacial score (nSPS) is 27.6. The van der Waals surface area contributed by atoms with Gasteiger partial charge in [-0.05, 0) is 26.3 Å². The van der Waals surface area contributed by atoms with Gasteiger partial charge in [0.15, 0.2) is 10.7 Å². The van der Waals surface area contributed by atoms with Crippen LogP contribution in [0.15, 0.2) is 0 Å². The number of thiol groups is 1.